The molecule has 0 unspecified atom stereocenters. The molecule has 8 heteroatoms. The molecule has 9 heterocycles. The lowest BCUT2D eigenvalue weighted by molar-refractivity contribution is -0.671. The van der Waals surface area contributed by atoms with E-state index >= 15 is 0 Å². The molecular weight excluding hydrogens is 641 g/mol. The average Bonchev–Trinajstić information content (AvgIpc) is 3.99. The van der Waals surface area contributed by atoms with E-state index in [4.69, 9.17) is 0 Å². The molecule has 8 aromatic heterocycles. The molecule has 8 aromatic rings. The predicted molar refractivity (Wildman–Crippen MR) is 197 cm³/mol. The monoisotopic (exact) mass is 684 g/mol. The molecule has 0 saturated heterocycles. The van der Waals surface area contributed by atoms with Crippen molar-refractivity contribution in [3.63, 3.8) is 0 Å². The molecule has 8 bridgehead atoms. The number of nitrogens with one attached hydrogen (secondary N) is 4. The molecule has 0 atom stereocenters. The van der Waals surface area contributed by atoms with Gasteiger partial charge in [-0.3, -0.25) is 0 Å². The van der Waals surface area contributed by atoms with Crippen LogP contribution >= 0.6 is 0 Å². The molecular formula is C44H44N8+4. The fourth-order valence-corrected chi connectivity index (χ4v) is 7.99. The van der Waals surface area contributed by atoms with Crippen LogP contribution in [0.15, 0.2) is 147 Å². The highest BCUT2D eigenvalue weighted by Crippen LogP contribution is 2.40. The second-order valence-electron chi connectivity index (χ2n) is 14.4. The van der Waals surface area contributed by atoms with Gasteiger partial charge in [0.1, 0.15) is 28.2 Å². The van der Waals surface area contributed by atoms with Gasteiger partial charge in [-0.2, -0.15) is 0 Å². The standard InChI is InChI=1S/C44H44N8/c1-49-21-13-29(14-22-49)41-33-5-7-35(45-33)42(30-15-23-50(2)24-16-30)37-9-11-39(47-37)44(32-19-27-52(4)28-20-32)40-12-10-38(48-40)43(36-8-6-34(41)46-36)31-17-25-51(3)26-18-31/h5-28,41-48H,1-4H3/q+4. The topological polar surface area (TPSA) is 78.7 Å². The largest absolute Gasteiger partial charge is 0.361 e. The van der Waals surface area contributed by atoms with Gasteiger partial charge in [-0.05, 0) is 70.8 Å². The van der Waals surface area contributed by atoms with Crippen molar-refractivity contribution < 1.29 is 18.3 Å². The van der Waals surface area contributed by atoms with Crippen LogP contribution in [0.4, 0.5) is 0 Å². The van der Waals surface area contributed by atoms with Gasteiger partial charge >= 0.3 is 0 Å². The lowest BCUT2D eigenvalue weighted by Crippen LogP contribution is -2.26. The number of pyridine rings is 4. The van der Waals surface area contributed by atoms with Gasteiger partial charge in [-0.1, -0.05) is 0 Å². The van der Waals surface area contributed by atoms with E-state index in [2.05, 4.69) is 213 Å². The maximum absolute atomic E-state index is 3.95. The number of aromatic amines is 4. The van der Waals surface area contributed by atoms with Gasteiger partial charge in [0.15, 0.2) is 49.6 Å². The SMILES string of the molecule is C[n+]1ccc(C2c3ccc([nH]3)C(c3cc[n+](C)cc3)c3ccc([nH]3)C(c3cc[n+](C)cc3)c3ccc([nH]3)C(c3cc[n+](C)cc3)c3ccc2[nH]3)cc1. The van der Waals surface area contributed by atoms with E-state index in [0.717, 1.165) is 45.6 Å². The summed E-state index contributed by atoms with van der Waals surface area (Å²) in [5.41, 5.74) is 14.0. The third-order valence-electron chi connectivity index (χ3n) is 10.8. The van der Waals surface area contributed by atoms with Crippen LogP contribution in [0.5, 0.6) is 0 Å². The van der Waals surface area contributed by atoms with Crippen LogP contribution in [0.3, 0.4) is 0 Å². The Labute approximate surface area is 303 Å². The van der Waals surface area contributed by atoms with Crippen molar-refractivity contribution in [2.75, 3.05) is 0 Å². The van der Waals surface area contributed by atoms with E-state index in [1.54, 1.807) is 0 Å². The average molecular weight is 685 g/mol. The minimum atomic E-state index is -0.0257. The normalized spacial score (nSPS) is 18.4. The van der Waals surface area contributed by atoms with Crippen LogP contribution in [-0.4, -0.2) is 19.9 Å². The Bertz CT molecular complexity index is 2030. The first-order valence-corrected chi connectivity index (χ1v) is 17.9. The zero-order chi connectivity index (χ0) is 35.3. The van der Waals surface area contributed by atoms with E-state index in [0.29, 0.717) is 0 Å². The Morgan fingerprint density at radius 3 is 0.577 bits per heavy atom. The van der Waals surface area contributed by atoms with E-state index in [-0.39, 0.29) is 23.7 Å². The lowest BCUT2D eigenvalue weighted by Gasteiger charge is -2.20. The number of hydrogen-bond acceptors (Lipinski definition) is 0. The summed E-state index contributed by atoms with van der Waals surface area (Å²) in [6.45, 7) is 0. The molecule has 0 aliphatic carbocycles. The summed E-state index contributed by atoms with van der Waals surface area (Å²) in [6, 6.07) is 36.0. The molecule has 1 aliphatic rings. The molecule has 4 N–H and O–H groups in total. The number of rotatable bonds is 4. The van der Waals surface area contributed by atoms with Crippen LogP contribution in [0.25, 0.3) is 0 Å². The third-order valence-corrected chi connectivity index (χ3v) is 10.8. The Hall–Kier alpha value is -6.28. The molecule has 1 aliphatic heterocycles. The fourth-order valence-electron chi connectivity index (χ4n) is 7.99. The quantitative estimate of drug-likeness (QED) is 0.181. The van der Waals surface area contributed by atoms with Crippen molar-refractivity contribution in [3.8, 4) is 0 Å². The van der Waals surface area contributed by atoms with Gasteiger partial charge < -0.3 is 19.9 Å². The summed E-state index contributed by atoms with van der Waals surface area (Å²) < 4.78 is 8.35. The Balaban J connectivity index is 1.29. The van der Waals surface area contributed by atoms with Gasteiger partial charge in [-0.15, -0.1) is 0 Å². The highest BCUT2D eigenvalue weighted by molar-refractivity contribution is 5.48. The number of aryl methyl sites for hydroxylation is 4. The highest BCUT2D eigenvalue weighted by atomic mass is 14.9. The fraction of sp³-hybridized carbons (Fsp3) is 0.182. The smallest absolute Gasteiger partial charge is 0.168 e. The van der Waals surface area contributed by atoms with Crippen molar-refractivity contribution >= 4 is 0 Å². The summed E-state index contributed by atoms with van der Waals surface area (Å²) in [5, 5.41) is 0. The van der Waals surface area contributed by atoms with E-state index in [1.807, 2.05) is 0 Å². The molecule has 0 fully saturated rings. The molecule has 0 saturated carbocycles. The summed E-state index contributed by atoms with van der Waals surface area (Å²) >= 11 is 0. The Morgan fingerprint density at radius 2 is 0.423 bits per heavy atom. The first-order chi connectivity index (χ1) is 25.4. The van der Waals surface area contributed by atoms with Gasteiger partial charge in [0.05, 0.1) is 23.7 Å². The van der Waals surface area contributed by atoms with Gasteiger partial charge in [0, 0.05) is 94.1 Å². The molecule has 0 radical (unpaired) electrons. The van der Waals surface area contributed by atoms with Crippen LogP contribution in [0.2, 0.25) is 0 Å². The molecule has 0 aromatic carbocycles. The van der Waals surface area contributed by atoms with Crippen molar-refractivity contribution in [3.05, 3.63) is 214 Å². The minimum Gasteiger partial charge on any atom is -0.361 e. The Morgan fingerprint density at radius 1 is 0.269 bits per heavy atom. The zero-order valence-electron chi connectivity index (χ0n) is 30.0. The number of nitrogens with zero attached hydrogens (tertiary/aromatic N) is 4. The van der Waals surface area contributed by atoms with Crippen LogP contribution in [0, 0.1) is 0 Å². The second-order valence-corrected chi connectivity index (χ2v) is 14.4. The van der Waals surface area contributed by atoms with Crippen molar-refractivity contribution in [2.45, 2.75) is 23.7 Å². The van der Waals surface area contributed by atoms with Crippen molar-refractivity contribution in [1.82, 2.24) is 19.9 Å². The second kappa shape index (κ2) is 12.8. The van der Waals surface area contributed by atoms with Gasteiger partial charge in [-0.25, -0.2) is 18.3 Å². The molecule has 0 amide bonds. The maximum atomic E-state index is 3.95. The summed E-state index contributed by atoms with van der Waals surface area (Å²) in [4.78, 5) is 15.8. The first-order valence-electron chi connectivity index (χ1n) is 17.9. The van der Waals surface area contributed by atoms with Crippen LogP contribution in [0.1, 0.15) is 91.5 Å². The molecule has 8 nitrogen and oxygen atoms in total. The highest BCUT2D eigenvalue weighted by Gasteiger charge is 2.30. The molecule has 9 rings (SSSR count). The zero-order valence-corrected chi connectivity index (χ0v) is 30.0. The molecule has 0 spiro atoms. The van der Waals surface area contributed by atoms with Crippen LogP contribution in [-0.2, 0) is 28.2 Å². The van der Waals surface area contributed by atoms with Crippen LogP contribution < -0.4 is 18.3 Å². The summed E-state index contributed by atoms with van der Waals surface area (Å²) in [5.74, 6) is -0.103. The van der Waals surface area contributed by atoms with Gasteiger partial charge in [0.25, 0.3) is 0 Å². The number of H-pyrrole nitrogens is 4. The summed E-state index contributed by atoms with van der Waals surface area (Å²) in [6.07, 6.45) is 17.0. The number of fused-ring (bicyclic) bond motifs is 8. The Kier molecular flexibility index (Phi) is 7.80. The van der Waals surface area contributed by atoms with Crippen molar-refractivity contribution in [2.24, 2.45) is 28.2 Å². The number of hydrogen-bond donors (Lipinski definition) is 4. The lowest BCUT2D eigenvalue weighted by atomic mass is 9.93. The van der Waals surface area contributed by atoms with E-state index < -0.39 is 0 Å². The first kappa shape index (κ1) is 31.7. The van der Waals surface area contributed by atoms with Gasteiger partial charge in [0.2, 0.25) is 0 Å². The molecule has 256 valence electrons. The maximum Gasteiger partial charge on any atom is 0.168 e. The van der Waals surface area contributed by atoms with E-state index in [1.165, 1.54) is 22.3 Å². The predicted octanol–water partition coefficient (Wildman–Crippen LogP) is 5.33. The van der Waals surface area contributed by atoms with Crippen molar-refractivity contribution in [1.29, 1.82) is 0 Å². The summed E-state index contributed by atoms with van der Waals surface area (Å²) in [7, 11) is 8.26. The molecule has 52 heavy (non-hydrogen) atoms. The third kappa shape index (κ3) is 5.76. The minimum absolute atomic E-state index is 0.0257. The van der Waals surface area contributed by atoms with E-state index in [9.17, 15) is 0 Å². The number of aromatic nitrogens is 8.